The molecule has 2 aliphatic heterocycles. The van der Waals surface area contributed by atoms with Crippen LogP contribution in [0.2, 0.25) is 0 Å². The first-order valence-corrected chi connectivity index (χ1v) is 38.0. The molecule has 574 valence electrons. The summed E-state index contributed by atoms with van der Waals surface area (Å²) in [5.41, 5.74) is 9.43. The molecule has 5 atom stereocenters. The topological polar surface area (TPSA) is 453 Å². The molecule has 11 N–H and O–H groups in total. The Kier molecular flexibility index (Phi) is 23.5. The summed E-state index contributed by atoms with van der Waals surface area (Å²) in [5.74, 6) is -8.86. The summed E-state index contributed by atoms with van der Waals surface area (Å²) >= 11 is 1.39. The Labute approximate surface area is 626 Å². The van der Waals surface area contributed by atoms with Crippen LogP contribution in [0.3, 0.4) is 0 Å². The number of benzene rings is 3. The van der Waals surface area contributed by atoms with Gasteiger partial charge in [0, 0.05) is 85.9 Å². The standard InChI is InChI=1S/C74H88N14O18S2/c1-43(2)61(83-65(96)54(20-24-60(92)93)79-57(89)34-87-58(90)22-23-59(87)91)66(97)80-53(13-9-26-76-68(75)100)64(95)78-47-17-15-45(16-18-47)35-105-70(101)85(29-31-108(102,103)104)28-30-106-74-39-71(4)36-72(5,40-74)38-73(37-71,41-74)42-88-44(3)50(32-77-88)48-19-21-56(82-62(48)67(98)99)86-27-25-46-10-8-11-49(51(46)33-86)63(94)84-69-81-52-12-6-7-14-55(52)107-69/h6-8,10-12,14-19,21-23,32,43,53-54,61H,9,13,20,24-31,33-42H2,1-5H3,(H,78,95)(H,79,89)(H,80,97)(H,83,96)(H,92,93)(H,98,99)(H3,75,76,100)(H,81,84,94)(H,102,103,104)/t53-,54-,61-,71?,72?,73?,74?/m0/s1. The fourth-order valence-corrected chi connectivity index (χ4v) is 18.1. The van der Waals surface area contributed by atoms with Gasteiger partial charge in [-0.05, 0) is 152 Å². The van der Waals surface area contributed by atoms with Crippen LogP contribution in [0.4, 0.5) is 26.2 Å². The number of aromatic nitrogens is 4. The third kappa shape index (κ3) is 19.0. The van der Waals surface area contributed by atoms with E-state index in [9.17, 15) is 75.9 Å². The van der Waals surface area contributed by atoms with Crippen LogP contribution in [0.25, 0.3) is 21.3 Å². The number of aromatic carboxylic acids is 1. The first kappa shape index (κ1) is 78.4. The number of aliphatic carboxylic acids is 1. The molecule has 12 rings (SSSR count). The Balaban J connectivity index is 0.709. The number of hydrogen-bond acceptors (Lipinski definition) is 20. The van der Waals surface area contributed by atoms with Gasteiger partial charge in [0.25, 0.3) is 27.8 Å². The summed E-state index contributed by atoms with van der Waals surface area (Å²) in [5, 5.41) is 41.2. The number of nitrogens with two attached hydrogens (primary N) is 1. The number of anilines is 3. The number of carboxylic acids is 2. The van der Waals surface area contributed by atoms with Crippen LogP contribution in [0.5, 0.6) is 0 Å². The Morgan fingerprint density at radius 1 is 0.778 bits per heavy atom. The summed E-state index contributed by atoms with van der Waals surface area (Å²) in [4.78, 5) is 156. The van der Waals surface area contributed by atoms with E-state index in [1.54, 1.807) is 44.3 Å². The second-order valence-electron chi connectivity index (χ2n) is 29.8. The van der Waals surface area contributed by atoms with Crippen molar-refractivity contribution < 1.29 is 85.4 Å². The average Bonchev–Trinajstić information content (AvgIpc) is 0.775. The second-order valence-corrected chi connectivity index (χ2v) is 32.4. The Hall–Kier alpha value is -10.7. The maximum Gasteiger partial charge on any atom is 0.410 e. The van der Waals surface area contributed by atoms with Crippen molar-refractivity contribution in [2.24, 2.45) is 27.9 Å². The van der Waals surface area contributed by atoms with E-state index in [0.29, 0.717) is 70.6 Å². The second kappa shape index (κ2) is 32.4. The Morgan fingerprint density at radius 3 is 2.17 bits per heavy atom. The molecular weight excluding hydrogens is 1440 g/mol. The summed E-state index contributed by atoms with van der Waals surface area (Å²) in [6.07, 6.45) is 7.15. The van der Waals surface area contributed by atoms with Crippen molar-refractivity contribution in [1.29, 1.82) is 0 Å². The van der Waals surface area contributed by atoms with Gasteiger partial charge in [-0.3, -0.25) is 57.8 Å². The summed E-state index contributed by atoms with van der Waals surface area (Å²) < 4.78 is 49.7. The number of nitrogens with one attached hydrogen (secondary N) is 6. The number of pyridine rings is 1. The normalized spacial score (nSPS) is 20.7. The molecule has 10 amide bonds. The third-order valence-corrected chi connectivity index (χ3v) is 22.2. The molecule has 2 unspecified atom stereocenters. The number of fused-ring (bicyclic) bond motifs is 2. The van der Waals surface area contributed by atoms with Crippen LogP contribution in [0, 0.1) is 29.1 Å². The molecule has 3 aromatic carbocycles. The molecule has 108 heavy (non-hydrogen) atoms. The Bertz CT molecular complexity index is 4610. The molecule has 0 spiro atoms. The van der Waals surface area contributed by atoms with Crippen LogP contribution in [-0.2, 0) is 79.3 Å². The number of rotatable bonds is 33. The minimum absolute atomic E-state index is 0.00766. The van der Waals surface area contributed by atoms with Gasteiger partial charge in [0.2, 0.25) is 23.6 Å². The van der Waals surface area contributed by atoms with Gasteiger partial charge >= 0.3 is 24.1 Å². The zero-order chi connectivity index (χ0) is 77.6. The highest BCUT2D eigenvalue weighted by molar-refractivity contribution is 7.85. The maximum atomic E-state index is 14.0. The van der Waals surface area contributed by atoms with Gasteiger partial charge in [-0.15, -0.1) is 0 Å². The molecule has 6 aromatic rings. The molecule has 4 bridgehead atoms. The van der Waals surface area contributed by atoms with Crippen molar-refractivity contribution in [1.82, 2.24) is 50.8 Å². The van der Waals surface area contributed by atoms with Crippen LogP contribution < -0.4 is 42.5 Å². The lowest BCUT2D eigenvalue weighted by Gasteiger charge is -2.69. The number of imide groups is 1. The SMILES string of the molecule is Cc1c(-c2ccc(N3CCc4cccc(C(=O)Nc5nc6ccccc6s5)c4C3)nc2C(=O)O)cnn1CC12CC3(C)CC(C)(C1)CC(OCCN(CCS(=O)(=O)O)C(=O)OCc1ccc(NC(=O)[C@H](CCCNC(N)=O)NC(=O)[C@@H](NC(=O)[C@H](CCC(=O)O)NC(=O)CN4C(=O)C=CC4=O)C(C)C)cc1)(C3)C2. The van der Waals surface area contributed by atoms with E-state index in [4.69, 9.17) is 25.3 Å². The number of thiazole rings is 1. The van der Waals surface area contributed by atoms with E-state index in [2.05, 4.69) is 50.7 Å². The lowest BCUT2D eigenvalue weighted by molar-refractivity contribution is -0.248. The molecule has 32 nitrogen and oxygen atoms in total. The van der Waals surface area contributed by atoms with E-state index in [0.717, 1.165) is 76.2 Å². The zero-order valence-corrected chi connectivity index (χ0v) is 62.0. The Morgan fingerprint density at radius 2 is 1.49 bits per heavy atom. The number of ether oxygens (including phenoxy) is 2. The smallest absolute Gasteiger partial charge is 0.410 e. The minimum atomic E-state index is -4.55. The van der Waals surface area contributed by atoms with Crippen molar-refractivity contribution in [2.45, 2.75) is 149 Å². The fourth-order valence-electron chi connectivity index (χ4n) is 16.8. The van der Waals surface area contributed by atoms with Crippen LogP contribution >= 0.6 is 11.3 Å². The monoisotopic (exact) mass is 1520 g/mol. The molecular formula is C74H88N14O18S2. The summed E-state index contributed by atoms with van der Waals surface area (Å²) in [7, 11) is -4.55. The molecule has 34 heteroatoms. The van der Waals surface area contributed by atoms with Gasteiger partial charge in [-0.1, -0.05) is 75.4 Å². The number of carbonyl (C=O) groups is 11. The molecule has 0 radical (unpaired) electrons. The number of nitrogens with zero attached hydrogens (tertiary/aromatic N) is 7. The van der Waals surface area contributed by atoms with Gasteiger partial charge in [0.15, 0.2) is 10.8 Å². The highest BCUT2D eigenvalue weighted by atomic mass is 32.2. The molecule has 5 heterocycles. The zero-order valence-electron chi connectivity index (χ0n) is 60.4. The minimum Gasteiger partial charge on any atom is -0.481 e. The summed E-state index contributed by atoms with van der Waals surface area (Å²) in [6, 6.07) is 17.9. The van der Waals surface area contributed by atoms with Crippen LogP contribution in [-0.4, -0.2) is 187 Å². The number of primary amides is 1. The highest BCUT2D eigenvalue weighted by Crippen LogP contribution is 2.72. The van der Waals surface area contributed by atoms with E-state index >= 15 is 0 Å². The number of hydrogen-bond donors (Lipinski definition) is 10. The predicted molar refractivity (Wildman–Crippen MR) is 394 cm³/mol. The largest absolute Gasteiger partial charge is 0.481 e. The van der Waals surface area contributed by atoms with Gasteiger partial charge in [-0.2, -0.15) is 13.5 Å². The lowest BCUT2D eigenvalue weighted by Crippen LogP contribution is -2.64. The van der Waals surface area contributed by atoms with Gasteiger partial charge in [0.1, 0.15) is 37.1 Å². The van der Waals surface area contributed by atoms with E-state index in [1.807, 2.05) is 59.0 Å². The molecule has 3 aromatic heterocycles. The first-order chi connectivity index (χ1) is 51.2. The number of urea groups is 1. The highest BCUT2D eigenvalue weighted by Gasteiger charge is 2.66. The van der Waals surface area contributed by atoms with Crippen LogP contribution in [0.1, 0.15) is 135 Å². The maximum absolute atomic E-state index is 14.0. The lowest BCUT2D eigenvalue weighted by atomic mass is 9.39. The molecule has 6 aliphatic rings. The number of carboxylic acid groups (broad SMARTS) is 2. The first-order valence-electron chi connectivity index (χ1n) is 35.6. The van der Waals surface area contributed by atoms with Crippen molar-refractivity contribution >= 4 is 114 Å². The summed E-state index contributed by atoms with van der Waals surface area (Å²) in [6.45, 7) is 9.38. The average molecular weight is 1530 g/mol. The van der Waals surface area contributed by atoms with E-state index < -0.39 is 131 Å². The van der Waals surface area contributed by atoms with Gasteiger partial charge in [0.05, 0.1) is 34.4 Å². The molecule has 4 aliphatic carbocycles. The molecule has 4 saturated carbocycles. The van der Waals surface area contributed by atoms with E-state index in [-0.39, 0.29) is 72.7 Å². The number of carbonyl (C=O) groups excluding carboxylic acids is 9. The van der Waals surface area contributed by atoms with Gasteiger partial charge < -0.3 is 61.8 Å². The van der Waals surface area contributed by atoms with Crippen molar-refractivity contribution in [2.75, 3.05) is 60.6 Å². The quantitative estimate of drug-likeness (QED) is 0.0122. The van der Waals surface area contributed by atoms with E-state index in [1.165, 1.54) is 23.5 Å². The molecule has 4 fully saturated rings. The third-order valence-electron chi connectivity index (χ3n) is 20.5. The van der Waals surface area contributed by atoms with Crippen molar-refractivity contribution in [3.8, 4) is 11.1 Å². The van der Waals surface area contributed by atoms with Crippen LogP contribution in [0.15, 0.2) is 97.2 Å². The van der Waals surface area contributed by atoms with Gasteiger partial charge in [-0.25, -0.2) is 24.4 Å². The fraction of sp³-hybridized carbons (Fsp3) is 0.459. The molecule has 0 saturated heterocycles. The predicted octanol–water partition coefficient (Wildman–Crippen LogP) is 6.33. The number of para-hydroxylation sites is 1. The number of amides is 10. The van der Waals surface area contributed by atoms with Crippen molar-refractivity contribution in [3.63, 3.8) is 0 Å². The van der Waals surface area contributed by atoms with Crippen molar-refractivity contribution in [3.05, 3.63) is 131 Å².